The number of benzene rings is 2. The third-order valence-electron chi connectivity index (χ3n) is 5.86. The van der Waals surface area contributed by atoms with Crippen LogP contribution in [-0.2, 0) is 27.4 Å². The number of rotatable bonds is 10. The first kappa shape index (κ1) is 23.9. The van der Waals surface area contributed by atoms with E-state index in [1.807, 2.05) is 31.2 Å². The van der Waals surface area contributed by atoms with E-state index < -0.39 is 12.1 Å². The monoisotopic (exact) mass is 477 g/mol. The van der Waals surface area contributed by atoms with E-state index in [0.717, 1.165) is 11.1 Å². The van der Waals surface area contributed by atoms with Crippen LogP contribution < -0.4 is 10.6 Å². The molecule has 0 fully saturated rings. The molecular formula is C25H27N5O5. The van der Waals surface area contributed by atoms with Crippen molar-refractivity contribution in [3.63, 3.8) is 0 Å². The van der Waals surface area contributed by atoms with Crippen molar-refractivity contribution in [3.05, 3.63) is 71.5 Å². The lowest BCUT2D eigenvalue weighted by Crippen LogP contribution is -2.35. The second-order valence-electron chi connectivity index (χ2n) is 8.49. The molecule has 0 spiro atoms. The highest BCUT2D eigenvalue weighted by atomic mass is 16.5. The normalized spacial score (nSPS) is 12.9. The van der Waals surface area contributed by atoms with Gasteiger partial charge in [-0.1, -0.05) is 53.7 Å². The van der Waals surface area contributed by atoms with Crippen LogP contribution in [0.1, 0.15) is 42.5 Å². The molecule has 1 aliphatic carbocycles. The molecule has 1 atom stereocenters. The first-order valence-corrected chi connectivity index (χ1v) is 11.4. The number of aromatic nitrogens is 3. The van der Waals surface area contributed by atoms with E-state index in [2.05, 4.69) is 45.2 Å². The van der Waals surface area contributed by atoms with Crippen molar-refractivity contribution >= 4 is 18.0 Å². The summed E-state index contributed by atoms with van der Waals surface area (Å²) in [5.74, 6) is -1.25. The molecule has 10 heteroatoms. The second kappa shape index (κ2) is 10.8. The number of carboxylic acid groups (broad SMARTS) is 1. The van der Waals surface area contributed by atoms with E-state index in [1.165, 1.54) is 22.0 Å². The fourth-order valence-corrected chi connectivity index (χ4v) is 4.17. The van der Waals surface area contributed by atoms with E-state index in [-0.39, 0.29) is 44.0 Å². The lowest BCUT2D eigenvalue weighted by atomic mass is 9.98. The van der Waals surface area contributed by atoms with Gasteiger partial charge in [0.2, 0.25) is 5.91 Å². The average molecular weight is 478 g/mol. The van der Waals surface area contributed by atoms with Gasteiger partial charge in [-0.15, -0.1) is 5.10 Å². The molecule has 2 aromatic carbocycles. The molecule has 1 unspecified atom stereocenters. The van der Waals surface area contributed by atoms with Gasteiger partial charge in [-0.25, -0.2) is 9.48 Å². The number of carboxylic acids is 1. The minimum absolute atomic E-state index is 0.0114. The van der Waals surface area contributed by atoms with Crippen LogP contribution in [0.5, 0.6) is 0 Å². The van der Waals surface area contributed by atoms with Crippen molar-refractivity contribution < 1.29 is 24.2 Å². The fraction of sp³-hybridized carbons (Fsp3) is 0.320. The maximum atomic E-state index is 12.4. The molecule has 10 nitrogen and oxygen atoms in total. The highest BCUT2D eigenvalue weighted by Gasteiger charge is 2.29. The summed E-state index contributed by atoms with van der Waals surface area (Å²) in [6.45, 7) is 1.90. The topological polar surface area (TPSA) is 135 Å². The molecule has 3 N–H and O–H groups in total. The van der Waals surface area contributed by atoms with Crippen molar-refractivity contribution in [1.29, 1.82) is 0 Å². The van der Waals surface area contributed by atoms with E-state index >= 15 is 0 Å². The zero-order chi connectivity index (χ0) is 24.8. The summed E-state index contributed by atoms with van der Waals surface area (Å²) in [6, 6.07) is 16.0. The van der Waals surface area contributed by atoms with Crippen LogP contribution in [0, 0.1) is 0 Å². The minimum atomic E-state index is -1.02. The van der Waals surface area contributed by atoms with E-state index in [0.29, 0.717) is 12.1 Å². The minimum Gasteiger partial charge on any atom is -0.480 e. The molecule has 0 saturated heterocycles. The Morgan fingerprint density at radius 2 is 1.74 bits per heavy atom. The van der Waals surface area contributed by atoms with Gasteiger partial charge in [0.1, 0.15) is 18.8 Å². The van der Waals surface area contributed by atoms with Crippen LogP contribution in [0.15, 0.2) is 54.7 Å². The van der Waals surface area contributed by atoms with Gasteiger partial charge in [0.15, 0.2) is 0 Å². The van der Waals surface area contributed by atoms with Crippen molar-refractivity contribution in [2.75, 3.05) is 6.61 Å². The number of amides is 2. The van der Waals surface area contributed by atoms with Gasteiger partial charge in [0.25, 0.3) is 0 Å². The second-order valence-corrected chi connectivity index (χ2v) is 8.49. The van der Waals surface area contributed by atoms with Crippen molar-refractivity contribution in [3.8, 4) is 11.1 Å². The Hall–Kier alpha value is -4.21. The predicted molar refractivity (Wildman–Crippen MR) is 126 cm³/mol. The lowest BCUT2D eigenvalue weighted by molar-refractivity contribution is -0.138. The van der Waals surface area contributed by atoms with Gasteiger partial charge in [-0.05, 0) is 35.6 Å². The zero-order valence-electron chi connectivity index (χ0n) is 19.3. The summed E-state index contributed by atoms with van der Waals surface area (Å²) in [4.78, 5) is 35.2. The van der Waals surface area contributed by atoms with Gasteiger partial charge in [-0.3, -0.25) is 9.59 Å². The summed E-state index contributed by atoms with van der Waals surface area (Å²) in [7, 11) is 0. The molecule has 182 valence electrons. The molecule has 35 heavy (non-hydrogen) atoms. The molecule has 1 aromatic heterocycles. The van der Waals surface area contributed by atoms with Crippen molar-refractivity contribution in [2.45, 2.75) is 44.8 Å². The highest BCUT2D eigenvalue weighted by Crippen LogP contribution is 2.44. The number of ether oxygens (including phenoxy) is 1. The molecule has 1 aliphatic rings. The fourth-order valence-electron chi connectivity index (χ4n) is 4.17. The standard InChI is InChI=1S/C25H27N5O5/c1-16(10-11-23(31)26-12-17-13-30(29-28-17)14-24(32)33)27-25(34)35-15-22-20-8-4-2-6-18(20)19-7-3-5-9-21(19)22/h2-9,13,16,22H,10-12,14-15H2,1H3,(H,26,31)(H,27,34)(H,32,33). The SMILES string of the molecule is CC(CCC(=O)NCc1cn(CC(=O)O)nn1)NC(=O)OCC1c2ccccc2-c2ccccc21. The molecule has 3 aromatic rings. The van der Waals surface area contributed by atoms with Crippen LogP contribution >= 0.6 is 0 Å². The maximum Gasteiger partial charge on any atom is 0.407 e. The quantitative estimate of drug-likeness (QED) is 0.408. The van der Waals surface area contributed by atoms with Gasteiger partial charge >= 0.3 is 12.1 Å². The molecule has 2 amide bonds. The number of aliphatic carboxylic acids is 1. The Morgan fingerprint density at radius 1 is 1.09 bits per heavy atom. The van der Waals surface area contributed by atoms with Crippen LogP contribution in [0.2, 0.25) is 0 Å². The first-order chi connectivity index (χ1) is 16.9. The Kier molecular flexibility index (Phi) is 7.39. The van der Waals surface area contributed by atoms with Crippen molar-refractivity contribution in [2.24, 2.45) is 0 Å². The molecule has 1 heterocycles. The number of carbonyl (C=O) groups excluding carboxylic acids is 2. The number of fused-ring (bicyclic) bond motifs is 3. The summed E-state index contributed by atoms with van der Waals surface area (Å²) in [6.07, 6.45) is 1.58. The number of nitrogens with zero attached hydrogens (tertiary/aromatic N) is 3. The molecule has 4 rings (SSSR count). The number of nitrogens with one attached hydrogen (secondary N) is 2. The van der Waals surface area contributed by atoms with Gasteiger partial charge in [0.05, 0.1) is 12.7 Å². The number of carbonyl (C=O) groups is 3. The van der Waals surface area contributed by atoms with Crippen LogP contribution in [0.4, 0.5) is 4.79 Å². The first-order valence-electron chi connectivity index (χ1n) is 11.4. The Morgan fingerprint density at radius 3 is 2.40 bits per heavy atom. The molecular weight excluding hydrogens is 450 g/mol. The zero-order valence-corrected chi connectivity index (χ0v) is 19.3. The van der Waals surface area contributed by atoms with Crippen molar-refractivity contribution in [1.82, 2.24) is 25.6 Å². The maximum absolute atomic E-state index is 12.4. The van der Waals surface area contributed by atoms with Gasteiger partial charge < -0.3 is 20.5 Å². The van der Waals surface area contributed by atoms with Gasteiger partial charge in [-0.2, -0.15) is 0 Å². The van der Waals surface area contributed by atoms with E-state index in [1.54, 1.807) is 0 Å². The highest BCUT2D eigenvalue weighted by molar-refractivity contribution is 5.79. The number of hydrogen-bond acceptors (Lipinski definition) is 6. The summed E-state index contributed by atoms with van der Waals surface area (Å²) < 4.78 is 6.73. The Bertz CT molecular complexity index is 1180. The van der Waals surface area contributed by atoms with Crippen LogP contribution in [0.3, 0.4) is 0 Å². The lowest BCUT2D eigenvalue weighted by Gasteiger charge is -2.17. The van der Waals surface area contributed by atoms with E-state index in [4.69, 9.17) is 9.84 Å². The third kappa shape index (κ3) is 6.03. The summed E-state index contributed by atoms with van der Waals surface area (Å²) in [5, 5.41) is 21.7. The molecule has 0 aliphatic heterocycles. The average Bonchev–Trinajstić information content (AvgIpc) is 3.41. The largest absolute Gasteiger partial charge is 0.480 e. The number of hydrogen-bond donors (Lipinski definition) is 3. The smallest absolute Gasteiger partial charge is 0.407 e. The molecule has 0 radical (unpaired) electrons. The summed E-state index contributed by atoms with van der Waals surface area (Å²) >= 11 is 0. The number of alkyl carbamates (subject to hydrolysis) is 1. The predicted octanol–water partition coefficient (Wildman–Crippen LogP) is 2.69. The Labute approximate surface area is 202 Å². The third-order valence-corrected chi connectivity index (χ3v) is 5.86. The van der Waals surface area contributed by atoms with Crippen LogP contribution in [-0.4, -0.2) is 50.7 Å². The summed E-state index contributed by atoms with van der Waals surface area (Å²) in [5.41, 5.74) is 5.09. The van der Waals surface area contributed by atoms with Crippen LogP contribution in [0.25, 0.3) is 11.1 Å². The van der Waals surface area contributed by atoms with Gasteiger partial charge in [0, 0.05) is 18.4 Å². The van der Waals surface area contributed by atoms with E-state index in [9.17, 15) is 14.4 Å². The Balaban J connectivity index is 1.19. The molecule has 0 bridgehead atoms. The molecule has 0 saturated carbocycles.